The molecule has 2 heterocycles. The van der Waals surface area contributed by atoms with Gasteiger partial charge in [-0.15, -0.1) is 10.2 Å². The van der Waals surface area contributed by atoms with Gasteiger partial charge < -0.3 is 0 Å². The van der Waals surface area contributed by atoms with Crippen molar-refractivity contribution in [1.82, 2.24) is 14.6 Å². The Balaban J connectivity index is 2.77. The highest BCUT2D eigenvalue weighted by atomic mass is 15.2. The van der Waals surface area contributed by atoms with Crippen molar-refractivity contribution in [3.63, 3.8) is 0 Å². The lowest BCUT2D eigenvalue weighted by Gasteiger charge is -2.02. The summed E-state index contributed by atoms with van der Waals surface area (Å²) in [5, 5.41) is 12.2. The summed E-state index contributed by atoms with van der Waals surface area (Å²) in [6.45, 7) is 7.84. The van der Waals surface area contributed by atoms with Crippen molar-refractivity contribution in [2.75, 3.05) is 0 Å². The normalized spacial score (nSPS) is 12.4. The maximum Gasteiger partial charge on any atom is 0.168 e. The molecule has 3 aromatic rings. The number of nitrogens with zero attached hydrogens (tertiary/aromatic N) is 3. The first kappa shape index (κ1) is 9.78. The average Bonchev–Trinajstić information content (AvgIpc) is 2.84. The fraction of sp³-hybridized carbons (Fsp3) is 0. The minimum Gasteiger partial charge on any atom is -0.282 e. The lowest BCUT2D eigenvalue weighted by molar-refractivity contribution is 1.08. The highest BCUT2D eigenvalue weighted by Gasteiger charge is 2.04. The number of pyridine rings is 1. The number of aromatic nitrogens is 3. The van der Waals surface area contributed by atoms with E-state index in [1.807, 2.05) is 28.7 Å². The van der Waals surface area contributed by atoms with E-state index < -0.39 is 0 Å². The zero-order valence-corrected chi connectivity index (χ0v) is 9.30. The molecular formula is C14H11N3. The Morgan fingerprint density at radius 3 is 2.71 bits per heavy atom. The van der Waals surface area contributed by atoms with Gasteiger partial charge in [0, 0.05) is 16.0 Å². The van der Waals surface area contributed by atoms with Gasteiger partial charge in [0.2, 0.25) is 0 Å². The lowest BCUT2D eigenvalue weighted by atomic mass is 10.1. The summed E-state index contributed by atoms with van der Waals surface area (Å²) in [7, 11) is 0. The van der Waals surface area contributed by atoms with Crippen molar-refractivity contribution in [3.8, 4) is 0 Å². The molecule has 1 aromatic carbocycles. The van der Waals surface area contributed by atoms with Crippen LogP contribution in [0.25, 0.3) is 29.1 Å². The van der Waals surface area contributed by atoms with Crippen LogP contribution >= 0.6 is 0 Å². The van der Waals surface area contributed by atoms with Crippen LogP contribution in [0.1, 0.15) is 0 Å². The molecule has 82 valence electrons. The molecule has 0 bridgehead atoms. The van der Waals surface area contributed by atoms with E-state index in [1.165, 1.54) is 0 Å². The maximum absolute atomic E-state index is 4.14. The van der Waals surface area contributed by atoms with Crippen LogP contribution in [-0.2, 0) is 0 Å². The smallest absolute Gasteiger partial charge is 0.168 e. The molecule has 3 heteroatoms. The second-order valence-electron chi connectivity index (χ2n) is 3.83. The van der Waals surface area contributed by atoms with Crippen LogP contribution < -0.4 is 10.6 Å². The van der Waals surface area contributed by atoms with Crippen molar-refractivity contribution in [3.05, 3.63) is 53.8 Å². The van der Waals surface area contributed by atoms with Crippen molar-refractivity contribution in [2.45, 2.75) is 0 Å². The Kier molecular flexibility index (Phi) is 2.05. The minimum atomic E-state index is 0.840. The lowest BCUT2D eigenvalue weighted by Crippen LogP contribution is -2.30. The SMILES string of the molecule is C=C/C=c1\c(=C)n2cnnc2c2ccccc12. The summed E-state index contributed by atoms with van der Waals surface area (Å²) in [5.74, 6) is 0. The largest absolute Gasteiger partial charge is 0.282 e. The zero-order chi connectivity index (χ0) is 11.8. The molecule has 0 fully saturated rings. The topological polar surface area (TPSA) is 30.2 Å². The van der Waals surface area contributed by atoms with Gasteiger partial charge in [-0.25, -0.2) is 0 Å². The van der Waals surface area contributed by atoms with Crippen LogP contribution in [0.15, 0.2) is 43.2 Å². The van der Waals surface area contributed by atoms with E-state index in [0.717, 1.165) is 27.0 Å². The van der Waals surface area contributed by atoms with Gasteiger partial charge in [-0.2, -0.15) is 0 Å². The van der Waals surface area contributed by atoms with Crippen LogP contribution in [0.5, 0.6) is 0 Å². The molecule has 0 N–H and O–H groups in total. The summed E-state index contributed by atoms with van der Waals surface area (Å²) in [4.78, 5) is 0. The van der Waals surface area contributed by atoms with Gasteiger partial charge >= 0.3 is 0 Å². The molecule has 0 atom stereocenters. The predicted molar refractivity (Wildman–Crippen MR) is 69.9 cm³/mol. The molecule has 0 spiro atoms. The van der Waals surface area contributed by atoms with E-state index >= 15 is 0 Å². The fourth-order valence-electron chi connectivity index (χ4n) is 2.12. The Bertz CT molecular complexity index is 828. The maximum atomic E-state index is 4.14. The number of benzene rings is 1. The van der Waals surface area contributed by atoms with Crippen LogP contribution in [-0.4, -0.2) is 14.6 Å². The summed E-state index contributed by atoms with van der Waals surface area (Å²) < 4.78 is 1.90. The number of hydrogen-bond acceptors (Lipinski definition) is 2. The highest BCUT2D eigenvalue weighted by Crippen LogP contribution is 2.12. The average molecular weight is 221 g/mol. The van der Waals surface area contributed by atoms with Crippen molar-refractivity contribution in [1.29, 1.82) is 0 Å². The van der Waals surface area contributed by atoms with E-state index in [-0.39, 0.29) is 0 Å². The zero-order valence-electron chi connectivity index (χ0n) is 9.30. The second kappa shape index (κ2) is 3.56. The number of rotatable bonds is 1. The van der Waals surface area contributed by atoms with Crippen molar-refractivity contribution < 1.29 is 0 Å². The van der Waals surface area contributed by atoms with E-state index in [2.05, 4.69) is 29.4 Å². The minimum absolute atomic E-state index is 0.840. The molecule has 2 aromatic heterocycles. The molecule has 3 rings (SSSR count). The summed E-state index contributed by atoms with van der Waals surface area (Å²) in [6.07, 6.45) is 5.42. The number of fused-ring (bicyclic) bond motifs is 3. The Labute approximate surface area is 98.0 Å². The Morgan fingerprint density at radius 1 is 1.18 bits per heavy atom. The van der Waals surface area contributed by atoms with E-state index in [0.29, 0.717) is 0 Å². The molecule has 0 saturated heterocycles. The van der Waals surface area contributed by atoms with Crippen LogP contribution in [0, 0.1) is 0 Å². The molecule has 0 unspecified atom stereocenters. The summed E-state index contributed by atoms with van der Waals surface area (Å²) >= 11 is 0. The van der Waals surface area contributed by atoms with E-state index in [9.17, 15) is 0 Å². The number of allylic oxidation sites excluding steroid dienone is 1. The van der Waals surface area contributed by atoms with Crippen LogP contribution in [0.2, 0.25) is 0 Å². The molecule has 3 nitrogen and oxygen atoms in total. The van der Waals surface area contributed by atoms with Crippen molar-refractivity contribution >= 4 is 29.1 Å². The molecular weight excluding hydrogens is 210 g/mol. The van der Waals surface area contributed by atoms with Crippen molar-refractivity contribution in [2.24, 2.45) is 0 Å². The Hall–Kier alpha value is -2.42. The van der Waals surface area contributed by atoms with E-state index in [1.54, 1.807) is 12.4 Å². The third-order valence-electron chi connectivity index (χ3n) is 2.89. The van der Waals surface area contributed by atoms with Crippen LogP contribution in [0.4, 0.5) is 0 Å². The molecule has 0 amide bonds. The summed E-state index contributed by atoms with van der Waals surface area (Å²) in [5.41, 5.74) is 0.840. The summed E-state index contributed by atoms with van der Waals surface area (Å²) in [6, 6.07) is 8.11. The molecule has 0 aliphatic heterocycles. The standard InChI is InChI=1S/C14H11N3/c1-3-6-11-10(2)17-9-15-16-14(17)13-8-5-4-7-12(11)13/h3-9H,1-2H2/b11-6+. The first-order chi connectivity index (χ1) is 8.33. The third-order valence-corrected chi connectivity index (χ3v) is 2.89. The van der Waals surface area contributed by atoms with Gasteiger partial charge in [0.1, 0.15) is 6.33 Å². The molecule has 0 radical (unpaired) electrons. The van der Waals surface area contributed by atoms with Crippen LogP contribution in [0.3, 0.4) is 0 Å². The van der Waals surface area contributed by atoms with Gasteiger partial charge in [0.05, 0.1) is 0 Å². The molecule has 0 saturated carbocycles. The second-order valence-corrected chi connectivity index (χ2v) is 3.83. The molecule has 17 heavy (non-hydrogen) atoms. The van der Waals surface area contributed by atoms with Gasteiger partial charge in [-0.3, -0.25) is 4.40 Å². The highest BCUT2D eigenvalue weighted by molar-refractivity contribution is 5.94. The molecule has 0 aliphatic carbocycles. The number of hydrogen-bond donors (Lipinski definition) is 0. The molecule has 0 aliphatic rings. The van der Waals surface area contributed by atoms with E-state index in [4.69, 9.17) is 0 Å². The predicted octanol–water partition coefficient (Wildman–Crippen LogP) is 1.26. The van der Waals surface area contributed by atoms with Gasteiger partial charge in [-0.1, -0.05) is 49.6 Å². The van der Waals surface area contributed by atoms with Gasteiger partial charge in [0.15, 0.2) is 5.65 Å². The first-order valence-corrected chi connectivity index (χ1v) is 5.35. The third kappa shape index (κ3) is 1.29. The quantitative estimate of drug-likeness (QED) is 0.619. The Morgan fingerprint density at radius 2 is 1.94 bits per heavy atom. The fourth-order valence-corrected chi connectivity index (χ4v) is 2.12. The van der Waals surface area contributed by atoms with Gasteiger partial charge in [-0.05, 0) is 5.39 Å². The van der Waals surface area contributed by atoms with Gasteiger partial charge in [0.25, 0.3) is 0 Å². The monoisotopic (exact) mass is 221 g/mol. The first-order valence-electron chi connectivity index (χ1n) is 5.35.